The number of carbonyl (C=O) groups is 1. The maximum absolute atomic E-state index is 13.3. The summed E-state index contributed by atoms with van der Waals surface area (Å²) >= 11 is 0. The van der Waals surface area contributed by atoms with E-state index in [9.17, 15) is 13.6 Å². The van der Waals surface area contributed by atoms with Crippen LogP contribution in [0.1, 0.15) is 23.2 Å². The van der Waals surface area contributed by atoms with Crippen molar-refractivity contribution < 1.29 is 18.3 Å². The van der Waals surface area contributed by atoms with Gasteiger partial charge in [0, 0.05) is 25.2 Å². The van der Waals surface area contributed by atoms with E-state index in [1.54, 1.807) is 0 Å². The summed E-state index contributed by atoms with van der Waals surface area (Å²) < 4.78 is 31.2. The quantitative estimate of drug-likeness (QED) is 0.572. The van der Waals surface area contributed by atoms with Crippen LogP contribution in [0.2, 0.25) is 0 Å². The molecule has 0 atom stereocenters. The van der Waals surface area contributed by atoms with Crippen LogP contribution in [0.15, 0.2) is 12.3 Å². The number of rotatable bonds is 2. The first kappa shape index (κ1) is 11.1. The Balaban J connectivity index is 2.22. The van der Waals surface area contributed by atoms with Crippen molar-refractivity contribution in [2.75, 3.05) is 13.2 Å². The molecule has 2 heterocycles. The van der Waals surface area contributed by atoms with Crippen LogP contribution in [0, 0.1) is 17.7 Å². The van der Waals surface area contributed by atoms with Gasteiger partial charge < -0.3 is 4.74 Å². The Labute approximate surface area is 91.4 Å². The van der Waals surface area contributed by atoms with Crippen LogP contribution in [0.25, 0.3) is 0 Å². The molecule has 1 fully saturated rings. The number of halogens is 2. The van der Waals surface area contributed by atoms with Gasteiger partial charge in [0.2, 0.25) is 5.95 Å². The summed E-state index contributed by atoms with van der Waals surface area (Å²) in [5.41, 5.74) is -0.209. The van der Waals surface area contributed by atoms with Crippen LogP contribution in [-0.2, 0) is 4.74 Å². The first-order valence-corrected chi connectivity index (χ1v) is 5.11. The summed E-state index contributed by atoms with van der Waals surface area (Å²) in [6.45, 7) is 0.983. The van der Waals surface area contributed by atoms with Crippen molar-refractivity contribution in [2.45, 2.75) is 12.8 Å². The summed E-state index contributed by atoms with van der Waals surface area (Å²) in [5, 5.41) is 0. The van der Waals surface area contributed by atoms with Gasteiger partial charge in [-0.15, -0.1) is 0 Å². The van der Waals surface area contributed by atoms with Crippen molar-refractivity contribution in [3.8, 4) is 0 Å². The molecular formula is C11H11F2NO2. The van der Waals surface area contributed by atoms with Crippen LogP contribution in [0.4, 0.5) is 8.78 Å². The van der Waals surface area contributed by atoms with Crippen LogP contribution in [-0.4, -0.2) is 24.0 Å². The molecule has 0 saturated carbocycles. The molecule has 16 heavy (non-hydrogen) atoms. The number of hydrogen-bond donors (Lipinski definition) is 0. The molecule has 86 valence electrons. The zero-order chi connectivity index (χ0) is 11.5. The molecule has 1 saturated heterocycles. The highest BCUT2D eigenvalue weighted by Gasteiger charge is 2.25. The molecule has 3 nitrogen and oxygen atoms in total. The van der Waals surface area contributed by atoms with Gasteiger partial charge in [-0.05, 0) is 12.8 Å². The van der Waals surface area contributed by atoms with Crippen LogP contribution in [0.3, 0.4) is 0 Å². The first-order chi connectivity index (χ1) is 7.68. The predicted molar refractivity (Wildman–Crippen MR) is 52.0 cm³/mol. The second-order valence-electron chi connectivity index (χ2n) is 3.74. The molecule has 5 heteroatoms. The molecule has 1 aliphatic heterocycles. The molecule has 0 spiro atoms. The Morgan fingerprint density at radius 2 is 2.06 bits per heavy atom. The Morgan fingerprint density at radius 1 is 1.38 bits per heavy atom. The average Bonchev–Trinajstić information content (AvgIpc) is 2.32. The van der Waals surface area contributed by atoms with E-state index in [2.05, 4.69) is 4.98 Å². The van der Waals surface area contributed by atoms with Crippen LogP contribution < -0.4 is 0 Å². The second kappa shape index (κ2) is 4.65. The Bertz CT molecular complexity index is 403. The summed E-state index contributed by atoms with van der Waals surface area (Å²) in [6, 6.07) is 0.854. The number of pyridine rings is 1. The molecule has 0 amide bonds. The maximum atomic E-state index is 13.3. The van der Waals surface area contributed by atoms with Gasteiger partial charge in [-0.25, -0.2) is 9.37 Å². The van der Waals surface area contributed by atoms with E-state index in [1.807, 2.05) is 0 Å². The van der Waals surface area contributed by atoms with E-state index in [-0.39, 0.29) is 17.3 Å². The molecule has 0 aromatic carbocycles. The molecule has 0 bridgehead atoms. The topological polar surface area (TPSA) is 39.2 Å². The zero-order valence-corrected chi connectivity index (χ0v) is 8.58. The van der Waals surface area contributed by atoms with E-state index >= 15 is 0 Å². The number of aromatic nitrogens is 1. The van der Waals surface area contributed by atoms with Gasteiger partial charge in [0.05, 0.1) is 11.8 Å². The standard InChI is InChI=1S/C11H11F2NO2/c12-9-6-14-10(13)5-8(9)11(15)7-1-3-16-4-2-7/h5-7H,1-4H2. The van der Waals surface area contributed by atoms with Crippen molar-refractivity contribution in [1.29, 1.82) is 0 Å². The number of ether oxygens (including phenoxy) is 1. The summed E-state index contributed by atoms with van der Waals surface area (Å²) in [6.07, 6.45) is 1.85. The molecule has 0 aliphatic carbocycles. The van der Waals surface area contributed by atoms with Crippen LogP contribution >= 0.6 is 0 Å². The maximum Gasteiger partial charge on any atom is 0.213 e. The second-order valence-corrected chi connectivity index (χ2v) is 3.74. The van der Waals surface area contributed by atoms with E-state index in [4.69, 9.17) is 4.74 Å². The van der Waals surface area contributed by atoms with Crippen molar-refractivity contribution >= 4 is 5.78 Å². The van der Waals surface area contributed by atoms with Gasteiger partial charge in [0.15, 0.2) is 11.6 Å². The Hall–Kier alpha value is -1.36. The number of carbonyl (C=O) groups excluding carboxylic acids is 1. The van der Waals surface area contributed by atoms with Gasteiger partial charge in [-0.1, -0.05) is 0 Å². The molecule has 1 aliphatic rings. The molecule has 0 unspecified atom stereocenters. The number of nitrogens with zero attached hydrogens (tertiary/aromatic N) is 1. The fraction of sp³-hybridized carbons (Fsp3) is 0.455. The van der Waals surface area contributed by atoms with E-state index in [0.717, 1.165) is 12.3 Å². The van der Waals surface area contributed by atoms with Gasteiger partial charge in [0.1, 0.15) is 0 Å². The third kappa shape index (κ3) is 2.24. The summed E-state index contributed by atoms with van der Waals surface area (Å²) in [4.78, 5) is 15.0. The molecule has 1 aromatic rings. The van der Waals surface area contributed by atoms with Gasteiger partial charge in [0.25, 0.3) is 0 Å². The van der Waals surface area contributed by atoms with Crippen molar-refractivity contribution in [2.24, 2.45) is 5.92 Å². The Kier molecular flexibility index (Phi) is 3.24. The lowest BCUT2D eigenvalue weighted by molar-refractivity contribution is 0.0542. The normalized spacial score (nSPS) is 17.4. The molecule has 0 N–H and O–H groups in total. The molecule has 1 aromatic heterocycles. The highest BCUT2D eigenvalue weighted by Crippen LogP contribution is 2.21. The van der Waals surface area contributed by atoms with Crippen molar-refractivity contribution in [1.82, 2.24) is 4.98 Å². The Morgan fingerprint density at radius 3 is 2.75 bits per heavy atom. The average molecular weight is 227 g/mol. The fourth-order valence-corrected chi connectivity index (χ4v) is 1.78. The zero-order valence-electron chi connectivity index (χ0n) is 8.58. The number of Topliss-reactive ketones (excluding diaryl/α,β-unsaturated/α-hetero) is 1. The van der Waals surface area contributed by atoms with Gasteiger partial charge >= 0.3 is 0 Å². The summed E-state index contributed by atoms with van der Waals surface area (Å²) in [5.74, 6) is -2.23. The molecule has 2 rings (SSSR count). The highest BCUT2D eigenvalue weighted by molar-refractivity contribution is 5.98. The minimum Gasteiger partial charge on any atom is -0.381 e. The van der Waals surface area contributed by atoms with Crippen molar-refractivity contribution in [3.63, 3.8) is 0 Å². The smallest absolute Gasteiger partial charge is 0.213 e. The monoisotopic (exact) mass is 227 g/mol. The van der Waals surface area contributed by atoms with E-state index in [1.165, 1.54) is 0 Å². The first-order valence-electron chi connectivity index (χ1n) is 5.11. The van der Waals surface area contributed by atoms with Crippen molar-refractivity contribution in [3.05, 3.63) is 29.6 Å². The molecular weight excluding hydrogens is 216 g/mol. The number of ketones is 1. The lowest BCUT2D eigenvalue weighted by Crippen LogP contribution is -2.24. The minimum absolute atomic E-state index is 0.209. The number of hydrogen-bond acceptors (Lipinski definition) is 3. The van der Waals surface area contributed by atoms with E-state index < -0.39 is 11.8 Å². The lowest BCUT2D eigenvalue weighted by atomic mass is 9.91. The van der Waals surface area contributed by atoms with Gasteiger partial charge in [-0.3, -0.25) is 4.79 Å². The minimum atomic E-state index is -0.836. The van der Waals surface area contributed by atoms with Gasteiger partial charge in [-0.2, -0.15) is 4.39 Å². The van der Waals surface area contributed by atoms with E-state index in [0.29, 0.717) is 26.1 Å². The highest BCUT2D eigenvalue weighted by atomic mass is 19.1. The molecule has 0 radical (unpaired) electrons. The summed E-state index contributed by atoms with van der Waals surface area (Å²) in [7, 11) is 0. The lowest BCUT2D eigenvalue weighted by Gasteiger charge is -2.20. The largest absolute Gasteiger partial charge is 0.381 e. The van der Waals surface area contributed by atoms with Crippen LogP contribution in [0.5, 0.6) is 0 Å². The SMILES string of the molecule is O=C(c1cc(F)ncc1F)C1CCOCC1. The third-order valence-corrected chi connectivity index (χ3v) is 2.68. The fourth-order valence-electron chi connectivity index (χ4n) is 1.78. The third-order valence-electron chi connectivity index (χ3n) is 2.68. The predicted octanol–water partition coefficient (Wildman–Crippen LogP) is 1.97.